The first-order chi connectivity index (χ1) is 10.2. The maximum Gasteiger partial charge on any atom is 0.243 e. The molecule has 0 spiro atoms. The Morgan fingerprint density at radius 3 is 2.81 bits per heavy atom. The number of nitrogens with one attached hydrogen (secondary N) is 1. The Morgan fingerprint density at radius 2 is 2.19 bits per heavy atom. The number of aliphatic hydroxyl groups excluding tert-OH is 1. The van der Waals surface area contributed by atoms with Crippen molar-refractivity contribution in [3.8, 4) is 5.95 Å². The maximum absolute atomic E-state index is 9.70. The standard InChI is InChI=1S/C12H18N8O/c1-8(21)9-2-4-19(6-9)11-15-10(18-13)16-12(17-11)20-5-3-14-7-20/h3,5,7-9,21H,2,4,6,13H2,1H3,(H,15,16,17,18). The number of nitrogens with zero attached hydrogens (tertiary/aromatic N) is 6. The summed E-state index contributed by atoms with van der Waals surface area (Å²) in [5.74, 6) is 6.95. The number of hydrogen-bond donors (Lipinski definition) is 3. The van der Waals surface area contributed by atoms with E-state index in [2.05, 4.69) is 25.4 Å². The van der Waals surface area contributed by atoms with E-state index >= 15 is 0 Å². The van der Waals surface area contributed by atoms with Crippen LogP contribution in [0.5, 0.6) is 0 Å². The minimum Gasteiger partial charge on any atom is -0.393 e. The zero-order valence-electron chi connectivity index (χ0n) is 11.7. The van der Waals surface area contributed by atoms with Crippen molar-refractivity contribution >= 4 is 11.9 Å². The van der Waals surface area contributed by atoms with Crippen LogP contribution in [0.2, 0.25) is 0 Å². The monoisotopic (exact) mass is 290 g/mol. The number of nitrogen functional groups attached to an aromatic ring is 1. The fraction of sp³-hybridized carbons (Fsp3) is 0.500. The Hall–Kier alpha value is -2.26. The van der Waals surface area contributed by atoms with Crippen molar-refractivity contribution in [2.24, 2.45) is 11.8 Å². The van der Waals surface area contributed by atoms with Gasteiger partial charge in [-0.3, -0.25) is 9.99 Å². The van der Waals surface area contributed by atoms with Gasteiger partial charge in [0.1, 0.15) is 6.33 Å². The van der Waals surface area contributed by atoms with E-state index in [4.69, 9.17) is 5.84 Å². The fourth-order valence-corrected chi connectivity index (χ4v) is 2.42. The summed E-state index contributed by atoms with van der Waals surface area (Å²) in [6, 6.07) is 0. The summed E-state index contributed by atoms with van der Waals surface area (Å²) in [5.41, 5.74) is 2.46. The number of rotatable bonds is 4. The highest BCUT2D eigenvalue weighted by molar-refractivity contribution is 5.40. The lowest BCUT2D eigenvalue weighted by molar-refractivity contribution is 0.136. The number of imidazole rings is 1. The molecule has 9 nitrogen and oxygen atoms in total. The molecule has 2 atom stereocenters. The number of nitrogens with two attached hydrogens (primary N) is 1. The molecule has 2 aromatic rings. The first kappa shape index (κ1) is 13.7. The quantitative estimate of drug-likeness (QED) is 0.512. The zero-order chi connectivity index (χ0) is 14.8. The van der Waals surface area contributed by atoms with Gasteiger partial charge in [0, 0.05) is 31.4 Å². The third kappa shape index (κ3) is 2.78. The van der Waals surface area contributed by atoms with E-state index in [1.54, 1.807) is 23.3 Å². The van der Waals surface area contributed by atoms with Crippen molar-refractivity contribution in [1.82, 2.24) is 24.5 Å². The third-order valence-corrected chi connectivity index (χ3v) is 3.67. The number of aliphatic hydroxyl groups is 1. The summed E-state index contributed by atoms with van der Waals surface area (Å²) < 4.78 is 1.69. The lowest BCUT2D eigenvalue weighted by Gasteiger charge is -2.18. The van der Waals surface area contributed by atoms with Crippen LogP contribution in [0, 0.1) is 5.92 Å². The molecule has 1 fully saturated rings. The third-order valence-electron chi connectivity index (χ3n) is 3.67. The number of aromatic nitrogens is 5. The summed E-state index contributed by atoms with van der Waals surface area (Å²) >= 11 is 0. The topological polar surface area (TPSA) is 118 Å². The molecule has 0 amide bonds. The summed E-state index contributed by atoms with van der Waals surface area (Å²) in [4.78, 5) is 19.0. The van der Waals surface area contributed by atoms with Gasteiger partial charge in [-0.1, -0.05) is 0 Å². The molecule has 0 bridgehead atoms. The van der Waals surface area contributed by atoms with Crippen LogP contribution in [0.1, 0.15) is 13.3 Å². The molecule has 0 aliphatic carbocycles. The largest absolute Gasteiger partial charge is 0.393 e. The Kier molecular flexibility index (Phi) is 3.67. The molecule has 0 radical (unpaired) electrons. The van der Waals surface area contributed by atoms with Crippen LogP contribution in [0.4, 0.5) is 11.9 Å². The van der Waals surface area contributed by atoms with Crippen LogP contribution in [0.15, 0.2) is 18.7 Å². The Morgan fingerprint density at radius 1 is 1.38 bits per heavy atom. The average Bonchev–Trinajstić information content (AvgIpc) is 3.18. The van der Waals surface area contributed by atoms with Crippen molar-refractivity contribution in [2.45, 2.75) is 19.4 Å². The normalized spacial score (nSPS) is 19.8. The predicted molar refractivity (Wildman–Crippen MR) is 76.8 cm³/mol. The van der Waals surface area contributed by atoms with Crippen LogP contribution in [-0.2, 0) is 0 Å². The van der Waals surface area contributed by atoms with Crippen LogP contribution in [0.3, 0.4) is 0 Å². The van der Waals surface area contributed by atoms with Crippen molar-refractivity contribution < 1.29 is 5.11 Å². The van der Waals surface area contributed by atoms with Gasteiger partial charge in [0.05, 0.1) is 6.10 Å². The van der Waals surface area contributed by atoms with Crippen LogP contribution < -0.4 is 16.2 Å². The lowest BCUT2D eigenvalue weighted by Crippen LogP contribution is -2.26. The smallest absolute Gasteiger partial charge is 0.243 e. The van der Waals surface area contributed by atoms with Crippen molar-refractivity contribution in [3.63, 3.8) is 0 Å². The highest BCUT2D eigenvalue weighted by atomic mass is 16.3. The Balaban J connectivity index is 1.90. The molecule has 9 heteroatoms. The molecule has 3 rings (SSSR count). The summed E-state index contributed by atoms with van der Waals surface area (Å²) in [6.45, 7) is 3.33. The summed E-state index contributed by atoms with van der Waals surface area (Å²) in [6.07, 6.45) is 5.59. The van der Waals surface area contributed by atoms with E-state index in [-0.39, 0.29) is 12.0 Å². The van der Waals surface area contributed by atoms with Gasteiger partial charge in [0.25, 0.3) is 0 Å². The summed E-state index contributed by atoms with van der Waals surface area (Å²) in [7, 11) is 0. The SMILES string of the molecule is CC(O)C1CCN(c2nc(NN)nc(-n3ccnc3)n2)C1. The first-order valence-corrected chi connectivity index (χ1v) is 6.81. The number of hydrogen-bond acceptors (Lipinski definition) is 8. The second-order valence-corrected chi connectivity index (χ2v) is 5.11. The van der Waals surface area contributed by atoms with E-state index in [1.807, 2.05) is 11.8 Å². The molecule has 1 aliphatic heterocycles. The molecule has 2 aromatic heterocycles. The van der Waals surface area contributed by atoms with Crippen LogP contribution >= 0.6 is 0 Å². The second kappa shape index (κ2) is 5.62. The predicted octanol–water partition coefficient (Wildman–Crippen LogP) is -0.450. The molecule has 3 heterocycles. The van der Waals surface area contributed by atoms with Gasteiger partial charge in [-0.15, -0.1) is 0 Å². The van der Waals surface area contributed by atoms with Gasteiger partial charge < -0.3 is 10.0 Å². The van der Waals surface area contributed by atoms with Crippen molar-refractivity contribution in [1.29, 1.82) is 0 Å². The lowest BCUT2D eigenvalue weighted by atomic mass is 10.0. The van der Waals surface area contributed by atoms with Crippen molar-refractivity contribution in [2.75, 3.05) is 23.4 Å². The second-order valence-electron chi connectivity index (χ2n) is 5.11. The van der Waals surface area contributed by atoms with Crippen LogP contribution in [0.25, 0.3) is 5.95 Å². The first-order valence-electron chi connectivity index (χ1n) is 6.81. The maximum atomic E-state index is 9.70. The fourth-order valence-electron chi connectivity index (χ4n) is 2.42. The highest BCUT2D eigenvalue weighted by Crippen LogP contribution is 2.24. The minimum absolute atomic E-state index is 0.229. The zero-order valence-corrected chi connectivity index (χ0v) is 11.7. The van der Waals surface area contributed by atoms with Gasteiger partial charge in [-0.2, -0.15) is 15.0 Å². The average molecular weight is 290 g/mol. The molecular formula is C12H18N8O. The highest BCUT2D eigenvalue weighted by Gasteiger charge is 2.28. The Labute approximate surface area is 121 Å². The van der Waals surface area contributed by atoms with E-state index in [9.17, 15) is 5.11 Å². The van der Waals surface area contributed by atoms with Gasteiger partial charge in [-0.25, -0.2) is 10.8 Å². The molecule has 0 aromatic carbocycles. The van der Waals surface area contributed by atoms with Gasteiger partial charge in [-0.05, 0) is 13.3 Å². The van der Waals surface area contributed by atoms with E-state index in [1.165, 1.54) is 0 Å². The van der Waals surface area contributed by atoms with Gasteiger partial charge in [0.2, 0.25) is 17.8 Å². The minimum atomic E-state index is -0.336. The molecule has 4 N–H and O–H groups in total. The Bertz CT molecular complexity index is 599. The number of anilines is 2. The van der Waals surface area contributed by atoms with Crippen LogP contribution in [-0.4, -0.2) is 48.8 Å². The number of hydrazine groups is 1. The van der Waals surface area contributed by atoms with Crippen molar-refractivity contribution in [3.05, 3.63) is 18.7 Å². The van der Waals surface area contributed by atoms with Gasteiger partial charge >= 0.3 is 0 Å². The van der Waals surface area contributed by atoms with E-state index in [0.29, 0.717) is 17.8 Å². The molecule has 112 valence electrons. The molecule has 1 aliphatic rings. The molecular weight excluding hydrogens is 272 g/mol. The van der Waals surface area contributed by atoms with Gasteiger partial charge in [0.15, 0.2) is 0 Å². The van der Waals surface area contributed by atoms with E-state index < -0.39 is 0 Å². The molecule has 0 saturated carbocycles. The molecule has 2 unspecified atom stereocenters. The molecule has 1 saturated heterocycles. The van der Waals surface area contributed by atoms with E-state index in [0.717, 1.165) is 19.5 Å². The molecule has 21 heavy (non-hydrogen) atoms. The summed E-state index contributed by atoms with van der Waals surface area (Å²) in [5, 5.41) is 9.70.